The molecule has 2 rings (SSSR count). The summed E-state index contributed by atoms with van der Waals surface area (Å²) in [7, 11) is 0. The maximum absolute atomic E-state index is 11.6. The molecular weight excluding hydrogens is 372 g/mol. The van der Waals surface area contributed by atoms with Gasteiger partial charge in [-0.3, -0.25) is 4.79 Å². The van der Waals surface area contributed by atoms with E-state index in [4.69, 9.17) is 0 Å². The third-order valence-corrected chi connectivity index (χ3v) is 4.05. The van der Waals surface area contributed by atoms with Crippen LogP contribution in [0.25, 0.3) is 6.08 Å². The fourth-order valence-electron chi connectivity index (χ4n) is 1.88. The smallest absolute Gasteiger partial charge is 0.195 e. The third kappa shape index (κ3) is 3.07. The van der Waals surface area contributed by atoms with Crippen LogP contribution in [0.2, 0.25) is 0 Å². The molecule has 0 saturated carbocycles. The summed E-state index contributed by atoms with van der Waals surface area (Å²) in [6, 6.07) is 3.74. The zero-order valence-corrected chi connectivity index (χ0v) is 13.7. The Labute approximate surface area is 128 Å². The zero-order valence-electron chi connectivity index (χ0n) is 10.5. The normalized spacial score (nSPS) is 17.5. The average molecular weight is 384 g/mol. The fraction of sp³-hybridized carbons (Fsp3) is 0.133. The first-order valence-electron chi connectivity index (χ1n) is 5.69. The van der Waals surface area contributed by atoms with Crippen molar-refractivity contribution in [2.75, 3.05) is 0 Å². The number of phenolic OH excluding ortho intramolecular Hbond substituents is 1. The van der Waals surface area contributed by atoms with Gasteiger partial charge < -0.3 is 5.11 Å². The quantitative estimate of drug-likeness (QED) is 0.765. The molecule has 4 heteroatoms. The first-order chi connectivity index (χ1) is 8.88. The molecule has 0 heterocycles. The predicted octanol–water partition coefficient (Wildman–Crippen LogP) is 4.65. The van der Waals surface area contributed by atoms with Gasteiger partial charge in [-0.2, -0.15) is 0 Å². The summed E-state index contributed by atoms with van der Waals surface area (Å²) in [4.78, 5) is 11.6. The van der Waals surface area contributed by atoms with Crippen molar-refractivity contribution in [3.8, 4) is 5.75 Å². The van der Waals surface area contributed by atoms with Crippen molar-refractivity contribution in [3.05, 3.63) is 55.5 Å². The first kappa shape index (κ1) is 14.3. The van der Waals surface area contributed by atoms with Gasteiger partial charge in [-0.05, 0) is 98.3 Å². The van der Waals surface area contributed by atoms with Gasteiger partial charge in [0.1, 0.15) is 5.75 Å². The van der Waals surface area contributed by atoms with Crippen LogP contribution in [0.5, 0.6) is 5.75 Å². The van der Waals surface area contributed by atoms with E-state index in [1.807, 2.05) is 31.2 Å². The maximum atomic E-state index is 11.6. The van der Waals surface area contributed by atoms with Crippen molar-refractivity contribution in [2.24, 2.45) is 0 Å². The summed E-state index contributed by atoms with van der Waals surface area (Å²) in [5.74, 6) is 0.268. The second-order valence-electron chi connectivity index (χ2n) is 4.46. The predicted molar refractivity (Wildman–Crippen MR) is 84.3 cm³/mol. The molecule has 2 nitrogen and oxygen atoms in total. The highest BCUT2D eigenvalue weighted by Crippen LogP contribution is 2.31. The molecule has 1 aromatic rings. The molecule has 0 saturated heterocycles. The molecule has 0 unspecified atom stereocenters. The summed E-state index contributed by atoms with van der Waals surface area (Å²) in [5.41, 5.74) is 3.42. The molecule has 1 N–H and O–H groups in total. The Kier molecular flexibility index (Phi) is 4.11. The fourth-order valence-corrected chi connectivity index (χ4v) is 3.03. The van der Waals surface area contributed by atoms with Crippen LogP contribution in [-0.4, -0.2) is 10.9 Å². The Morgan fingerprint density at radius 3 is 2.42 bits per heavy atom. The molecule has 0 amide bonds. The number of hydrogen-bond acceptors (Lipinski definition) is 2. The second kappa shape index (κ2) is 5.47. The van der Waals surface area contributed by atoms with Gasteiger partial charge in [0.25, 0.3) is 0 Å². The van der Waals surface area contributed by atoms with Crippen LogP contribution in [0.3, 0.4) is 0 Å². The van der Waals surface area contributed by atoms with Gasteiger partial charge in [-0.1, -0.05) is 0 Å². The molecule has 0 atom stereocenters. The van der Waals surface area contributed by atoms with Crippen molar-refractivity contribution in [2.45, 2.75) is 13.8 Å². The van der Waals surface area contributed by atoms with Crippen LogP contribution in [0.15, 0.2) is 44.4 Å². The Morgan fingerprint density at radius 2 is 1.84 bits per heavy atom. The van der Waals surface area contributed by atoms with Crippen LogP contribution in [0.4, 0.5) is 0 Å². The van der Waals surface area contributed by atoms with Gasteiger partial charge in [-0.15, -0.1) is 0 Å². The van der Waals surface area contributed by atoms with Gasteiger partial charge in [0.2, 0.25) is 0 Å². The minimum atomic E-state index is 0.0141. The lowest BCUT2D eigenvalue weighted by Crippen LogP contribution is -2.03. The standard InChI is InChI=1S/C15H12Br2O2/c1-8-3-10(6-12(16)14(8)18)5-11-4-9(2)15(19)13(17)7-11/h3-7,18H,1-2H3/b11-5-. The van der Waals surface area contributed by atoms with E-state index in [-0.39, 0.29) is 11.5 Å². The molecule has 0 radical (unpaired) electrons. The largest absolute Gasteiger partial charge is 0.506 e. The van der Waals surface area contributed by atoms with Crippen LogP contribution in [0.1, 0.15) is 18.1 Å². The summed E-state index contributed by atoms with van der Waals surface area (Å²) in [6.45, 7) is 3.64. The highest BCUT2D eigenvalue weighted by molar-refractivity contribution is 9.12. The lowest BCUT2D eigenvalue weighted by Gasteiger charge is -2.09. The molecule has 0 spiro atoms. The van der Waals surface area contributed by atoms with Crippen LogP contribution in [-0.2, 0) is 4.79 Å². The van der Waals surface area contributed by atoms with Crippen LogP contribution >= 0.6 is 31.9 Å². The highest BCUT2D eigenvalue weighted by atomic mass is 79.9. The lowest BCUT2D eigenvalue weighted by molar-refractivity contribution is -0.111. The minimum Gasteiger partial charge on any atom is -0.506 e. The molecule has 1 aliphatic rings. The van der Waals surface area contributed by atoms with Gasteiger partial charge in [0.15, 0.2) is 5.78 Å². The van der Waals surface area contributed by atoms with Crippen molar-refractivity contribution in [1.82, 2.24) is 0 Å². The number of ketones is 1. The number of benzene rings is 1. The van der Waals surface area contributed by atoms with E-state index in [1.54, 1.807) is 13.0 Å². The minimum absolute atomic E-state index is 0.0141. The highest BCUT2D eigenvalue weighted by Gasteiger charge is 2.14. The molecule has 98 valence electrons. The van der Waals surface area contributed by atoms with Gasteiger partial charge >= 0.3 is 0 Å². The number of aryl methyl sites for hydroxylation is 1. The zero-order chi connectivity index (χ0) is 14.2. The topological polar surface area (TPSA) is 37.3 Å². The van der Waals surface area contributed by atoms with Gasteiger partial charge in [0, 0.05) is 0 Å². The lowest BCUT2D eigenvalue weighted by atomic mass is 9.99. The average Bonchev–Trinajstić information content (AvgIpc) is 2.33. The number of carbonyl (C=O) groups is 1. The van der Waals surface area contributed by atoms with Crippen molar-refractivity contribution >= 4 is 43.7 Å². The Hall–Kier alpha value is -1.13. The van der Waals surface area contributed by atoms with Gasteiger partial charge in [-0.25, -0.2) is 0 Å². The van der Waals surface area contributed by atoms with E-state index in [0.717, 1.165) is 16.7 Å². The molecule has 0 aliphatic heterocycles. The van der Waals surface area contributed by atoms with E-state index in [9.17, 15) is 9.90 Å². The number of phenols is 1. The number of Topliss-reactive ketones (excluding diaryl/α,β-unsaturated/α-hetero) is 1. The maximum Gasteiger partial charge on any atom is 0.195 e. The summed E-state index contributed by atoms with van der Waals surface area (Å²) >= 11 is 6.59. The van der Waals surface area contributed by atoms with E-state index >= 15 is 0 Å². The number of halogens is 2. The summed E-state index contributed by atoms with van der Waals surface area (Å²) in [5, 5.41) is 9.71. The van der Waals surface area contributed by atoms with E-state index in [1.165, 1.54) is 0 Å². The summed E-state index contributed by atoms with van der Waals surface area (Å²) < 4.78 is 1.23. The van der Waals surface area contributed by atoms with Crippen molar-refractivity contribution in [1.29, 1.82) is 0 Å². The summed E-state index contributed by atoms with van der Waals surface area (Å²) in [6.07, 6.45) is 5.61. The molecule has 0 fully saturated rings. The van der Waals surface area contributed by atoms with E-state index in [2.05, 4.69) is 31.9 Å². The molecule has 1 aliphatic carbocycles. The first-order valence-corrected chi connectivity index (χ1v) is 7.28. The number of rotatable bonds is 1. The number of allylic oxidation sites excluding steroid dienone is 5. The SMILES string of the molecule is CC1=C/C(=C/c2cc(C)c(O)c(Br)c2)C=C(Br)C1=O. The van der Waals surface area contributed by atoms with Gasteiger partial charge in [0.05, 0.1) is 8.96 Å². The Bertz CT molecular complexity index is 605. The van der Waals surface area contributed by atoms with Crippen molar-refractivity contribution < 1.29 is 9.90 Å². The van der Waals surface area contributed by atoms with E-state index < -0.39 is 0 Å². The molecule has 0 aromatic heterocycles. The van der Waals surface area contributed by atoms with Crippen molar-refractivity contribution in [3.63, 3.8) is 0 Å². The van der Waals surface area contributed by atoms with E-state index in [0.29, 0.717) is 14.5 Å². The number of carbonyl (C=O) groups excluding carboxylic acids is 1. The second-order valence-corrected chi connectivity index (χ2v) is 6.17. The monoisotopic (exact) mass is 382 g/mol. The van der Waals surface area contributed by atoms with Crippen LogP contribution < -0.4 is 0 Å². The third-order valence-electron chi connectivity index (χ3n) is 2.86. The van der Waals surface area contributed by atoms with Crippen LogP contribution in [0, 0.1) is 6.92 Å². The Balaban J connectivity index is 2.45. The number of hydrogen-bond donors (Lipinski definition) is 1. The molecular formula is C15H12Br2O2. The Morgan fingerprint density at radius 1 is 1.16 bits per heavy atom. The number of aromatic hydroxyl groups is 1. The molecule has 1 aromatic carbocycles. The molecule has 0 bridgehead atoms. The molecule has 19 heavy (non-hydrogen) atoms.